The molecular formula is C12H12BrClN2O2S2. The maximum absolute atomic E-state index is 12.4. The summed E-state index contributed by atoms with van der Waals surface area (Å²) in [6.07, 6.45) is 0. The first kappa shape index (κ1) is 15.8. The summed E-state index contributed by atoms with van der Waals surface area (Å²) in [5.41, 5.74) is 6.91. The summed E-state index contributed by atoms with van der Waals surface area (Å²) in [6.45, 7) is 1.78. The van der Waals surface area contributed by atoms with Crippen LogP contribution in [0.3, 0.4) is 0 Å². The summed E-state index contributed by atoms with van der Waals surface area (Å²) >= 11 is 10.6. The first-order valence-electron chi connectivity index (χ1n) is 5.60. The molecule has 0 radical (unpaired) electrons. The van der Waals surface area contributed by atoms with Crippen LogP contribution in [0.5, 0.6) is 0 Å². The van der Waals surface area contributed by atoms with Crippen molar-refractivity contribution >= 4 is 54.6 Å². The fourth-order valence-electron chi connectivity index (χ4n) is 1.67. The highest BCUT2D eigenvalue weighted by atomic mass is 79.9. The van der Waals surface area contributed by atoms with Gasteiger partial charge in [-0.25, -0.2) is 13.1 Å². The summed E-state index contributed by atoms with van der Waals surface area (Å²) in [7, 11) is -3.72. The summed E-state index contributed by atoms with van der Waals surface area (Å²) in [4.78, 5) is 0.0320. The standard InChI is InChI=1S/C12H12BrClN2O2S2/c1-7(8-2-3-19-6-8)16-20(17,18)11-5-9(14)4-10(15)12(11)13/h2-7,16H,15H2,1H3. The van der Waals surface area contributed by atoms with E-state index in [9.17, 15) is 8.42 Å². The molecule has 1 aromatic heterocycles. The van der Waals surface area contributed by atoms with Gasteiger partial charge in [0, 0.05) is 16.8 Å². The van der Waals surface area contributed by atoms with E-state index in [4.69, 9.17) is 17.3 Å². The van der Waals surface area contributed by atoms with Crippen LogP contribution in [0, 0.1) is 0 Å². The van der Waals surface area contributed by atoms with E-state index in [0.717, 1.165) is 5.56 Å². The van der Waals surface area contributed by atoms with Gasteiger partial charge in [0.1, 0.15) is 0 Å². The zero-order chi connectivity index (χ0) is 14.9. The van der Waals surface area contributed by atoms with Crippen LogP contribution in [-0.2, 0) is 10.0 Å². The topological polar surface area (TPSA) is 72.2 Å². The van der Waals surface area contributed by atoms with E-state index in [2.05, 4.69) is 20.7 Å². The second kappa shape index (κ2) is 6.03. The predicted molar refractivity (Wildman–Crippen MR) is 86.6 cm³/mol. The molecule has 0 spiro atoms. The Labute approximate surface area is 135 Å². The summed E-state index contributed by atoms with van der Waals surface area (Å²) in [6, 6.07) is 4.40. The number of benzene rings is 1. The monoisotopic (exact) mass is 394 g/mol. The van der Waals surface area contributed by atoms with E-state index < -0.39 is 10.0 Å². The molecule has 3 N–H and O–H groups in total. The molecule has 0 amide bonds. The van der Waals surface area contributed by atoms with Gasteiger partial charge in [0.15, 0.2) is 0 Å². The Morgan fingerprint density at radius 3 is 2.75 bits per heavy atom. The van der Waals surface area contributed by atoms with Crippen LogP contribution in [0.15, 0.2) is 38.3 Å². The van der Waals surface area contributed by atoms with Gasteiger partial charge in [-0.05, 0) is 57.4 Å². The minimum atomic E-state index is -3.72. The maximum atomic E-state index is 12.4. The molecule has 1 heterocycles. The Bertz CT molecular complexity index is 717. The Kier molecular flexibility index (Phi) is 4.76. The zero-order valence-corrected chi connectivity index (χ0v) is 14.4. The zero-order valence-electron chi connectivity index (χ0n) is 10.4. The van der Waals surface area contributed by atoms with Crippen LogP contribution in [0.1, 0.15) is 18.5 Å². The van der Waals surface area contributed by atoms with E-state index in [1.807, 2.05) is 16.8 Å². The SMILES string of the molecule is CC(NS(=O)(=O)c1cc(Cl)cc(N)c1Br)c1ccsc1. The van der Waals surface area contributed by atoms with Crippen LogP contribution >= 0.6 is 38.9 Å². The van der Waals surface area contributed by atoms with Crippen molar-refractivity contribution in [3.05, 3.63) is 44.0 Å². The summed E-state index contributed by atoms with van der Waals surface area (Å²) in [5, 5.41) is 4.07. The van der Waals surface area contributed by atoms with E-state index in [-0.39, 0.29) is 21.6 Å². The molecule has 4 nitrogen and oxygen atoms in total. The molecule has 0 saturated heterocycles. The van der Waals surface area contributed by atoms with Crippen LogP contribution < -0.4 is 10.5 Å². The van der Waals surface area contributed by atoms with Crippen molar-refractivity contribution in [2.24, 2.45) is 0 Å². The van der Waals surface area contributed by atoms with Crippen LogP contribution in [0.2, 0.25) is 5.02 Å². The molecule has 0 saturated carbocycles. The van der Waals surface area contributed by atoms with Crippen molar-refractivity contribution in [3.63, 3.8) is 0 Å². The highest BCUT2D eigenvalue weighted by Crippen LogP contribution is 2.32. The van der Waals surface area contributed by atoms with E-state index in [1.165, 1.54) is 23.5 Å². The first-order valence-corrected chi connectivity index (χ1v) is 9.20. The second-order valence-electron chi connectivity index (χ2n) is 4.21. The third-order valence-corrected chi connectivity index (χ3v) is 6.33. The van der Waals surface area contributed by atoms with Gasteiger partial charge in [0.2, 0.25) is 10.0 Å². The lowest BCUT2D eigenvalue weighted by Gasteiger charge is -2.15. The highest BCUT2D eigenvalue weighted by Gasteiger charge is 2.23. The quantitative estimate of drug-likeness (QED) is 0.774. The van der Waals surface area contributed by atoms with Crippen molar-refractivity contribution < 1.29 is 8.42 Å². The maximum Gasteiger partial charge on any atom is 0.242 e. The third kappa shape index (κ3) is 3.35. The molecule has 2 aromatic rings. The van der Waals surface area contributed by atoms with Crippen LogP contribution in [0.25, 0.3) is 0 Å². The minimum Gasteiger partial charge on any atom is -0.398 e. The van der Waals surface area contributed by atoms with Gasteiger partial charge in [0.25, 0.3) is 0 Å². The molecule has 8 heteroatoms. The number of nitrogens with one attached hydrogen (secondary N) is 1. The van der Waals surface area contributed by atoms with Gasteiger partial charge in [-0.15, -0.1) is 0 Å². The van der Waals surface area contributed by atoms with Crippen molar-refractivity contribution in [1.29, 1.82) is 0 Å². The Morgan fingerprint density at radius 1 is 1.45 bits per heavy atom. The molecule has 0 aliphatic heterocycles. The van der Waals surface area contributed by atoms with Gasteiger partial charge in [-0.2, -0.15) is 11.3 Å². The molecule has 0 aliphatic carbocycles. The number of sulfonamides is 1. The number of nitrogen functional groups attached to an aromatic ring is 1. The van der Waals surface area contributed by atoms with E-state index in [0.29, 0.717) is 4.47 Å². The summed E-state index contributed by atoms with van der Waals surface area (Å²) < 4.78 is 27.7. The van der Waals surface area contributed by atoms with E-state index >= 15 is 0 Å². The Balaban J connectivity index is 2.36. The number of nitrogens with two attached hydrogens (primary N) is 1. The highest BCUT2D eigenvalue weighted by molar-refractivity contribution is 9.10. The fourth-order valence-corrected chi connectivity index (χ4v) is 4.94. The lowest BCUT2D eigenvalue weighted by molar-refractivity contribution is 0.567. The first-order chi connectivity index (χ1) is 9.31. The summed E-state index contributed by atoms with van der Waals surface area (Å²) in [5.74, 6) is 0. The van der Waals surface area contributed by atoms with Crippen molar-refractivity contribution in [2.45, 2.75) is 17.9 Å². The lowest BCUT2D eigenvalue weighted by atomic mass is 10.2. The molecular weight excluding hydrogens is 384 g/mol. The molecule has 2 rings (SSSR count). The average molecular weight is 396 g/mol. The Hall–Kier alpha value is -0.600. The number of anilines is 1. The molecule has 1 aromatic carbocycles. The largest absolute Gasteiger partial charge is 0.398 e. The predicted octanol–water partition coefficient (Wildman–Crippen LogP) is 3.79. The van der Waals surface area contributed by atoms with Gasteiger partial charge in [-0.1, -0.05) is 11.6 Å². The second-order valence-corrected chi connectivity index (χ2v) is 7.90. The van der Waals surface area contributed by atoms with Gasteiger partial charge < -0.3 is 5.73 Å². The smallest absolute Gasteiger partial charge is 0.242 e. The Morgan fingerprint density at radius 2 is 2.15 bits per heavy atom. The normalized spacial score (nSPS) is 13.3. The number of rotatable bonds is 4. The minimum absolute atomic E-state index is 0.0320. The van der Waals surface area contributed by atoms with Crippen LogP contribution in [-0.4, -0.2) is 8.42 Å². The van der Waals surface area contributed by atoms with Gasteiger partial charge in [0.05, 0.1) is 9.37 Å². The number of hydrogen-bond acceptors (Lipinski definition) is 4. The lowest BCUT2D eigenvalue weighted by Crippen LogP contribution is -2.27. The van der Waals surface area contributed by atoms with E-state index in [1.54, 1.807) is 6.92 Å². The van der Waals surface area contributed by atoms with Gasteiger partial charge in [-0.3, -0.25) is 0 Å². The van der Waals surface area contributed by atoms with Crippen molar-refractivity contribution in [3.8, 4) is 0 Å². The number of thiophene rings is 1. The number of hydrogen-bond donors (Lipinski definition) is 2. The molecule has 20 heavy (non-hydrogen) atoms. The van der Waals surface area contributed by atoms with Gasteiger partial charge >= 0.3 is 0 Å². The van der Waals surface area contributed by atoms with Crippen molar-refractivity contribution in [1.82, 2.24) is 4.72 Å². The average Bonchev–Trinajstić information content (AvgIpc) is 2.86. The van der Waals surface area contributed by atoms with Crippen molar-refractivity contribution in [2.75, 3.05) is 5.73 Å². The number of halogens is 2. The molecule has 0 aliphatic rings. The van der Waals surface area contributed by atoms with Crippen LogP contribution in [0.4, 0.5) is 5.69 Å². The molecule has 1 unspecified atom stereocenters. The third-order valence-electron chi connectivity index (χ3n) is 2.70. The fraction of sp³-hybridized carbons (Fsp3) is 0.167. The molecule has 0 bridgehead atoms. The molecule has 0 fully saturated rings. The molecule has 1 atom stereocenters. The molecule has 108 valence electrons.